The molecule has 0 saturated carbocycles. The van der Waals surface area contributed by atoms with Crippen molar-refractivity contribution in [2.24, 2.45) is 7.05 Å². The molecule has 0 aliphatic carbocycles. The van der Waals surface area contributed by atoms with Crippen molar-refractivity contribution in [1.29, 1.82) is 0 Å². The van der Waals surface area contributed by atoms with Crippen molar-refractivity contribution >= 4 is 22.6 Å². The molecule has 1 aromatic heterocycles. The number of hydrogen-bond donors (Lipinski definition) is 1. The average Bonchev–Trinajstić information content (AvgIpc) is 2.70. The van der Waals surface area contributed by atoms with E-state index in [1.54, 1.807) is 35.9 Å². The first kappa shape index (κ1) is 20.6. The van der Waals surface area contributed by atoms with Gasteiger partial charge in [0, 0.05) is 18.9 Å². The Hall–Kier alpha value is -3.09. The molecule has 2 aromatic carbocycles. The van der Waals surface area contributed by atoms with Crippen molar-refractivity contribution in [3.63, 3.8) is 0 Å². The van der Waals surface area contributed by atoms with E-state index in [9.17, 15) is 22.8 Å². The molecule has 0 spiro atoms. The quantitative estimate of drug-likeness (QED) is 0.625. The number of carbonyl (C=O) groups is 1. The molecule has 0 aliphatic heterocycles. The largest absolute Gasteiger partial charge is 0.416 e. The lowest BCUT2D eigenvalue weighted by Crippen LogP contribution is -2.21. The fraction of sp³-hybridized carbons (Fsp3) is 0.273. The number of hydrogen-bond acceptors (Lipinski definition) is 2. The van der Waals surface area contributed by atoms with Crippen LogP contribution in [0.5, 0.6) is 0 Å². The number of carbonyl (C=O) groups excluding carboxylic acids is 1. The lowest BCUT2D eigenvalue weighted by atomic mass is 10.00. The number of amides is 1. The van der Waals surface area contributed by atoms with Crippen LogP contribution in [0.4, 0.5) is 19.0 Å². The summed E-state index contributed by atoms with van der Waals surface area (Å²) < 4.78 is 41.3. The van der Waals surface area contributed by atoms with Crippen LogP contribution in [0.2, 0.25) is 0 Å². The Bertz CT molecular complexity index is 1120. The Labute approximate surface area is 166 Å². The molecular formula is C22H21F3N2O2. The SMILES string of the molecule is CCCCC(=O)Nc1c(-c2cccc(C(F)(F)F)c2)c(=O)c2ccccc2n1C. The van der Waals surface area contributed by atoms with E-state index in [2.05, 4.69) is 5.32 Å². The van der Waals surface area contributed by atoms with Gasteiger partial charge in [-0.3, -0.25) is 9.59 Å². The number of halogens is 3. The van der Waals surface area contributed by atoms with Crippen LogP contribution in [0.25, 0.3) is 22.0 Å². The molecule has 7 heteroatoms. The van der Waals surface area contributed by atoms with Crippen LogP contribution in [0, 0.1) is 0 Å². The summed E-state index contributed by atoms with van der Waals surface area (Å²) in [7, 11) is 1.67. The van der Waals surface area contributed by atoms with Gasteiger partial charge in [0.15, 0.2) is 5.43 Å². The third kappa shape index (κ3) is 4.18. The van der Waals surface area contributed by atoms with Crippen LogP contribution in [0.1, 0.15) is 31.7 Å². The zero-order valence-electron chi connectivity index (χ0n) is 16.1. The maximum Gasteiger partial charge on any atom is 0.416 e. The number of benzene rings is 2. The number of pyridine rings is 1. The minimum atomic E-state index is -4.54. The standard InChI is InChI=1S/C22H21F3N2O2/c1-3-4-12-18(28)26-21-19(14-8-7-9-15(13-14)22(23,24)25)20(29)16-10-5-6-11-17(16)27(21)2/h5-11,13H,3-4,12H2,1-2H3,(H,26,28). The molecule has 0 bridgehead atoms. The lowest BCUT2D eigenvalue weighted by molar-refractivity contribution is -0.137. The van der Waals surface area contributed by atoms with Crippen LogP contribution >= 0.6 is 0 Å². The molecule has 152 valence electrons. The van der Waals surface area contributed by atoms with E-state index in [-0.39, 0.29) is 29.3 Å². The molecule has 1 heterocycles. The van der Waals surface area contributed by atoms with Gasteiger partial charge in [-0.2, -0.15) is 13.2 Å². The van der Waals surface area contributed by atoms with Gasteiger partial charge in [0.1, 0.15) is 5.82 Å². The van der Waals surface area contributed by atoms with Crippen molar-refractivity contribution in [1.82, 2.24) is 4.57 Å². The highest BCUT2D eigenvalue weighted by molar-refractivity contribution is 5.98. The zero-order chi connectivity index (χ0) is 21.2. The number of para-hydroxylation sites is 1. The molecule has 0 atom stereocenters. The first-order valence-corrected chi connectivity index (χ1v) is 9.33. The third-order valence-corrected chi connectivity index (χ3v) is 4.80. The fourth-order valence-electron chi connectivity index (χ4n) is 3.29. The number of alkyl halides is 3. The molecule has 1 N–H and O–H groups in total. The fourth-order valence-corrected chi connectivity index (χ4v) is 3.29. The smallest absolute Gasteiger partial charge is 0.330 e. The van der Waals surface area contributed by atoms with E-state index in [1.165, 1.54) is 12.1 Å². The molecule has 0 fully saturated rings. The van der Waals surface area contributed by atoms with Gasteiger partial charge >= 0.3 is 6.18 Å². The van der Waals surface area contributed by atoms with Crippen LogP contribution in [-0.4, -0.2) is 10.5 Å². The van der Waals surface area contributed by atoms with E-state index in [0.29, 0.717) is 17.3 Å². The van der Waals surface area contributed by atoms with Gasteiger partial charge in [0.2, 0.25) is 5.91 Å². The van der Waals surface area contributed by atoms with E-state index in [1.807, 2.05) is 6.92 Å². The number of unbranched alkanes of at least 4 members (excludes halogenated alkanes) is 1. The van der Waals surface area contributed by atoms with E-state index >= 15 is 0 Å². The van der Waals surface area contributed by atoms with Crippen molar-refractivity contribution in [3.8, 4) is 11.1 Å². The zero-order valence-corrected chi connectivity index (χ0v) is 16.1. The molecular weight excluding hydrogens is 381 g/mol. The monoisotopic (exact) mass is 402 g/mol. The van der Waals surface area contributed by atoms with Crippen LogP contribution in [-0.2, 0) is 18.0 Å². The maximum absolute atomic E-state index is 13.2. The second kappa shape index (κ2) is 8.11. The van der Waals surface area contributed by atoms with Crippen molar-refractivity contribution in [2.75, 3.05) is 5.32 Å². The van der Waals surface area contributed by atoms with E-state index in [0.717, 1.165) is 18.6 Å². The topological polar surface area (TPSA) is 51.1 Å². The van der Waals surface area contributed by atoms with Gasteiger partial charge in [-0.15, -0.1) is 0 Å². The molecule has 0 aliphatic rings. The second-order valence-corrected chi connectivity index (χ2v) is 6.86. The number of aromatic nitrogens is 1. The van der Waals surface area contributed by atoms with Gasteiger partial charge in [-0.05, 0) is 36.2 Å². The van der Waals surface area contributed by atoms with Gasteiger partial charge in [0.25, 0.3) is 0 Å². The van der Waals surface area contributed by atoms with Gasteiger partial charge < -0.3 is 9.88 Å². The van der Waals surface area contributed by atoms with Crippen molar-refractivity contribution in [2.45, 2.75) is 32.4 Å². The Morgan fingerprint density at radius 2 is 1.83 bits per heavy atom. The van der Waals surface area contributed by atoms with Crippen molar-refractivity contribution < 1.29 is 18.0 Å². The van der Waals surface area contributed by atoms with E-state index < -0.39 is 17.2 Å². The predicted octanol–water partition coefficient (Wildman–Crippen LogP) is 5.35. The van der Waals surface area contributed by atoms with Crippen molar-refractivity contribution in [3.05, 3.63) is 64.3 Å². The Morgan fingerprint density at radius 3 is 2.52 bits per heavy atom. The normalized spacial score (nSPS) is 11.6. The molecule has 3 rings (SSSR count). The summed E-state index contributed by atoms with van der Waals surface area (Å²) in [5.41, 5.74) is -0.546. The Balaban J connectivity index is 2.27. The summed E-state index contributed by atoms with van der Waals surface area (Å²) >= 11 is 0. The molecule has 29 heavy (non-hydrogen) atoms. The number of anilines is 1. The number of nitrogens with zero attached hydrogens (tertiary/aromatic N) is 1. The number of rotatable bonds is 5. The molecule has 0 saturated heterocycles. The van der Waals surface area contributed by atoms with Crippen LogP contribution < -0.4 is 10.7 Å². The molecule has 0 radical (unpaired) electrons. The number of aryl methyl sites for hydroxylation is 1. The highest BCUT2D eigenvalue weighted by atomic mass is 19.4. The molecule has 1 amide bonds. The minimum Gasteiger partial charge on any atom is -0.330 e. The predicted molar refractivity (Wildman–Crippen MR) is 108 cm³/mol. The summed E-state index contributed by atoms with van der Waals surface area (Å²) in [5.74, 6) is -0.0977. The van der Waals surface area contributed by atoms with Gasteiger partial charge in [-0.1, -0.05) is 37.6 Å². The summed E-state index contributed by atoms with van der Waals surface area (Å²) in [6, 6.07) is 11.4. The maximum atomic E-state index is 13.2. The summed E-state index contributed by atoms with van der Waals surface area (Å²) in [5, 5.41) is 3.12. The summed E-state index contributed by atoms with van der Waals surface area (Å²) in [6.45, 7) is 1.95. The Morgan fingerprint density at radius 1 is 1.10 bits per heavy atom. The number of nitrogens with one attached hydrogen (secondary N) is 1. The van der Waals surface area contributed by atoms with Gasteiger partial charge in [-0.25, -0.2) is 0 Å². The van der Waals surface area contributed by atoms with Gasteiger partial charge in [0.05, 0.1) is 16.6 Å². The van der Waals surface area contributed by atoms with E-state index in [4.69, 9.17) is 0 Å². The summed E-state index contributed by atoms with van der Waals surface area (Å²) in [6.07, 6.45) is -2.78. The molecule has 0 unspecified atom stereocenters. The van der Waals surface area contributed by atoms with Crippen LogP contribution in [0.15, 0.2) is 53.3 Å². The number of fused-ring (bicyclic) bond motifs is 1. The molecule has 4 nitrogen and oxygen atoms in total. The first-order valence-electron chi connectivity index (χ1n) is 9.33. The minimum absolute atomic E-state index is 0.0437. The summed E-state index contributed by atoms with van der Waals surface area (Å²) in [4.78, 5) is 25.6. The Kier molecular flexibility index (Phi) is 5.77. The lowest BCUT2D eigenvalue weighted by Gasteiger charge is -2.19. The van der Waals surface area contributed by atoms with Crippen LogP contribution in [0.3, 0.4) is 0 Å². The second-order valence-electron chi connectivity index (χ2n) is 6.86. The molecule has 3 aromatic rings. The third-order valence-electron chi connectivity index (χ3n) is 4.80. The first-order chi connectivity index (χ1) is 13.7. The average molecular weight is 402 g/mol. The highest BCUT2D eigenvalue weighted by Crippen LogP contribution is 2.34. The highest BCUT2D eigenvalue weighted by Gasteiger charge is 2.31.